The van der Waals surface area contributed by atoms with Gasteiger partial charge in [-0.2, -0.15) is 0 Å². The van der Waals surface area contributed by atoms with E-state index in [4.69, 9.17) is 4.74 Å². The SMILES string of the molecule is CCOC(=O)C1C[N+](=O)[C@@H](O)[C@@]2(c3ccccc3)C3=CC=CC3=CN3C(C)=NC3=C12. The molecule has 0 radical (unpaired) electrons. The number of piperidine rings is 1. The van der Waals surface area contributed by atoms with E-state index in [1.807, 2.05) is 66.6 Å². The van der Waals surface area contributed by atoms with Crippen LogP contribution in [0.1, 0.15) is 19.4 Å². The molecule has 152 valence electrons. The summed E-state index contributed by atoms with van der Waals surface area (Å²) in [5, 5.41) is 11.4. The van der Waals surface area contributed by atoms with Crippen molar-refractivity contribution in [3.05, 3.63) is 87.8 Å². The standard InChI is InChI=1S/C23H22N3O4/c1-3-30-21(27)17-13-26(29)22(28)23(16-9-5-4-6-10-16)18-11-7-8-15(18)12-25-14(2)24-20(25)19(17)23/h4-12,17,22,28H,3,13H2,1-2H3/q+1/t17?,22-,23-/m0/s1. The van der Waals surface area contributed by atoms with E-state index < -0.39 is 23.5 Å². The summed E-state index contributed by atoms with van der Waals surface area (Å²) in [6.07, 6.45) is 6.29. The molecule has 1 fully saturated rings. The second-order valence-corrected chi connectivity index (χ2v) is 7.74. The van der Waals surface area contributed by atoms with E-state index in [-0.39, 0.29) is 13.2 Å². The Morgan fingerprint density at radius 2 is 2.13 bits per heavy atom. The van der Waals surface area contributed by atoms with Gasteiger partial charge in [0.25, 0.3) is 0 Å². The van der Waals surface area contributed by atoms with Gasteiger partial charge in [0.2, 0.25) is 6.54 Å². The molecule has 7 nitrogen and oxygen atoms in total. The number of benzene rings is 1. The molecule has 0 aromatic heterocycles. The number of aliphatic hydroxyl groups is 1. The minimum absolute atomic E-state index is 0.189. The topological polar surface area (TPSA) is 82.2 Å². The van der Waals surface area contributed by atoms with Gasteiger partial charge in [0, 0.05) is 21.4 Å². The number of carbonyl (C=O) groups is 1. The molecule has 1 aromatic carbocycles. The minimum Gasteiger partial charge on any atom is -0.465 e. The zero-order chi connectivity index (χ0) is 21.0. The van der Waals surface area contributed by atoms with Gasteiger partial charge in [0.15, 0.2) is 0 Å². The fraction of sp³-hybridized carbons (Fsp3) is 0.304. The number of carbonyl (C=O) groups excluding carboxylic acids is 1. The Labute approximate surface area is 173 Å². The van der Waals surface area contributed by atoms with Crippen LogP contribution in [0.2, 0.25) is 0 Å². The van der Waals surface area contributed by atoms with Gasteiger partial charge in [-0.3, -0.25) is 9.69 Å². The molecule has 1 N–H and O–H groups in total. The summed E-state index contributed by atoms with van der Waals surface area (Å²) < 4.78 is 5.94. The molecule has 1 unspecified atom stereocenters. The van der Waals surface area contributed by atoms with Crippen molar-refractivity contribution in [2.45, 2.75) is 25.5 Å². The van der Waals surface area contributed by atoms with Crippen molar-refractivity contribution in [3.63, 3.8) is 0 Å². The predicted molar refractivity (Wildman–Crippen MR) is 110 cm³/mol. The van der Waals surface area contributed by atoms with Gasteiger partial charge < -0.3 is 9.84 Å². The summed E-state index contributed by atoms with van der Waals surface area (Å²) in [5.41, 5.74) is 1.74. The molecule has 3 heterocycles. The van der Waals surface area contributed by atoms with Crippen LogP contribution in [0.5, 0.6) is 0 Å². The first kappa shape index (κ1) is 18.7. The van der Waals surface area contributed by atoms with E-state index in [1.54, 1.807) is 6.92 Å². The number of nitrogens with zero attached hydrogens (tertiary/aromatic N) is 3. The largest absolute Gasteiger partial charge is 0.465 e. The van der Waals surface area contributed by atoms with Crippen LogP contribution in [-0.2, 0) is 14.9 Å². The van der Waals surface area contributed by atoms with Crippen LogP contribution in [-0.4, -0.2) is 46.0 Å². The van der Waals surface area contributed by atoms with Crippen molar-refractivity contribution in [1.29, 1.82) is 0 Å². The molecule has 5 rings (SSSR count). The summed E-state index contributed by atoms with van der Waals surface area (Å²) in [6.45, 7) is 3.64. The summed E-state index contributed by atoms with van der Waals surface area (Å²) >= 11 is 0. The lowest BCUT2D eigenvalue weighted by molar-refractivity contribution is -0.645. The van der Waals surface area contributed by atoms with Crippen molar-refractivity contribution < 1.29 is 19.4 Å². The zero-order valence-corrected chi connectivity index (χ0v) is 16.8. The molecular weight excluding hydrogens is 382 g/mol. The maximum Gasteiger partial charge on any atom is 0.320 e. The fourth-order valence-corrected chi connectivity index (χ4v) is 4.97. The molecular formula is C23H22N3O4+. The Hall–Kier alpha value is -3.32. The molecule has 7 heteroatoms. The Bertz CT molecular complexity index is 1110. The number of nitroso groups, excluding NO2 is 1. The Morgan fingerprint density at radius 1 is 1.37 bits per heavy atom. The number of fused-ring (bicyclic) bond motifs is 4. The molecule has 1 aliphatic carbocycles. The average Bonchev–Trinajstić information content (AvgIpc) is 3.18. The normalized spacial score (nSPS) is 29.1. The van der Waals surface area contributed by atoms with Crippen LogP contribution in [0.3, 0.4) is 0 Å². The number of amidine groups is 1. The zero-order valence-electron chi connectivity index (χ0n) is 16.8. The average molecular weight is 404 g/mol. The maximum atomic E-state index is 13.0. The lowest BCUT2D eigenvalue weighted by atomic mass is 9.60. The van der Waals surface area contributed by atoms with Crippen LogP contribution in [0.4, 0.5) is 0 Å². The van der Waals surface area contributed by atoms with E-state index in [0.717, 1.165) is 22.5 Å². The van der Waals surface area contributed by atoms with Gasteiger partial charge >= 0.3 is 12.2 Å². The van der Waals surface area contributed by atoms with Gasteiger partial charge in [0.05, 0.1) is 6.61 Å². The Balaban J connectivity index is 1.88. The second-order valence-electron chi connectivity index (χ2n) is 7.74. The second kappa shape index (κ2) is 6.60. The molecule has 0 bridgehead atoms. The first-order chi connectivity index (χ1) is 14.5. The van der Waals surface area contributed by atoms with Crippen LogP contribution >= 0.6 is 0 Å². The van der Waals surface area contributed by atoms with Gasteiger partial charge in [0.1, 0.15) is 23.0 Å². The lowest BCUT2D eigenvalue weighted by Gasteiger charge is -2.43. The molecule has 0 spiro atoms. The Kier molecular flexibility index (Phi) is 4.11. The van der Waals surface area contributed by atoms with Crippen LogP contribution in [0.15, 0.2) is 82.3 Å². The minimum atomic E-state index is -1.42. The summed E-state index contributed by atoms with van der Waals surface area (Å²) in [7, 11) is 0. The number of rotatable bonds is 3. The molecule has 1 aromatic rings. The van der Waals surface area contributed by atoms with Crippen LogP contribution < -0.4 is 0 Å². The van der Waals surface area contributed by atoms with Crippen molar-refractivity contribution in [2.75, 3.05) is 13.2 Å². The molecule has 4 aliphatic rings. The quantitative estimate of drug-likeness (QED) is 0.619. The van der Waals surface area contributed by atoms with E-state index in [0.29, 0.717) is 16.2 Å². The Morgan fingerprint density at radius 3 is 2.83 bits per heavy atom. The fourth-order valence-electron chi connectivity index (χ4n) is 4.97. The monoisotopic (exact) mass is 404 g/mol. The van der Waals surface area contributed by atoms with E-state index in [9.17, 15) is 14.8 Å². The molecule has 0 saturated carbocycles. The van der Waals surface area contributed by atoms with E-state index in [1.165, 1.54) is 0 Å². The van der Waals surface area contributed by atoms with Gasteiger partial charge in [-0.15, -0.1) is 0 Å². The molecule has 0 amide bonds. The third kappa shape index (κ3) is 2.29. The van der Waals surface area contributed by atoms with Gasteiger partial charge in [-0.05, 0) is 30.6 Å². The molecule has 3 atom stereocenters. The first-order valence-corrected chi connectivity index (χ1v) is 10.0. The highest BCUT2D eigenvalue weighted by atomic mass is 16.5. The predicted octanol–water partition coefficient (Wildman–Crippen LogP) is 2.55. The third-order valence-corrected chi connectivity index (χ3v) is 6.22. The summed E-state index contributed by atoms with van der Waals surface area (Å²) in [6, 6.07) is 9.38. The number of esters is 1. The molecule has 3 aliphatic heterocycles. The van der Waals surface area contributed by atoms with Crippen LogP contribution in [0.25, 0.3) is 0 Å². The summed E-state index contributed by atoms with van der Waals surface area (Å²) in [4.78, 5) is 32.6. The van der Waals surface area contributed by atoms with Gasteiger partial charge in [-0.25, -0.2) is 4.99 Å². The number of hydrogen-bond acceptors (Lipinski definition) is 6. The third-order valence-electron chi connectivity index (χ3n) is 6.22. The highest BCUT2D eigenvalue weighted by Gasteiger charge is 2.65. The van der Waals surface area contributed by atoms with Crippen molar-refractivity contribution >= 4 is 11.8 Å². The number of aliphatic hydroxyl groups excluding tert-OH is 1. The first-order valence-electron chi connectivity index (χ1n) is 10.0. The van der Waals surface area contributed by atoms with Crippen molar-refractivity contribution in [2.24, 2.45) is 10.9 Å². The number of ether oxygens (including phenoxy) is 1. The number of hydrogen-bond donors (Lipinski definition) is 1. The highest BCUT2D eigenvalue weighted by Crippen LogP contribution is 2.56. The molecule has 30 heavy (non-hydrogen) atoms. The smallest absolute Gasteiger partial charge is 0.320 e. The lowest BCUT2D eigenvalue weighted by Crippen LogP contribution is -2.58. The summed E-state index contributed by atoms with van der Waals surface area (Å²) in [5.74, 6) is 0.0466. The van der Waals surface area contributed by atoms with Crippen LogP contribution in [0, 0.1) is 10.8 Å². The van der Waals surface area contributed by atoms with Crippen molar-refractivity contribution in [1.82, 2.24) is 4.90 Å². The number of allylic oxidation sites excluding steroid dienone is 4. The van der Waals surface area contributed by atoms with Crippen molar-refractivity contribution in [3.8, 4) is 0 Å². The highest BCUT2D eigenvalue weighted by molar-refractivity contribution is 5.92. The maximum absolute atomic E-state index is 13.0. The van der Waals surface area contributed by atoms with Gasteiger partial charge in [-0.1, -0.05) is 48.6 Å². The molecule has 1 saturated heterocycles. The number of aliphatic imine (C=N–C) groups is 1. The van der Waals surface area contributed by atoms with E-state index >= 15 is 0 Å². The van der Waals surface area contributed by atoms with E-state index in [2.05, 4.69) is 4.99 Å².